The van der Waals surface area contributed by atoms with Crippen LogP contribution in [0.4, 0.5) is 13.2 Å². The zero-order valence-corrected chi connectivity index (χ0v) is 16.4. The number of aryl methyl sites for hydroxylation is 2. The van der Waals surface area contributed by atoms with E-state index in [1.807, 2.05) is 0 Å². The molecular weight excluding hydrogens is 399 g/mol. The first kappa shape index (κ1) is 20.5. The van der Waals surface area contributed by atoms with E-state index in [1.54, 1.807) is 20.9 Å². The summed E-state index contributed by atoms with van der Waals surface area (Å²) in [6.45, 7) is 3.57. The molecule has 1 atom stereocenters. The average Bonchev–Trinajstić information content (AvgIpc) is 2.87. The summed E-state index contributed by atoms with van der Waals surface area (Å²) in [6, 6.07) is 0.325. The van der Waals surface area contributed by atoms with Gasteiger partial charge in [-0.3, -0.25) is 4.68 Å². The van der Waals surface area contributed by atoms with E-state index < -0.39 is 34.0 Å². The van der Waals surface area contributed by atoms with Gasteiger partial charge in [0.25, 0.3) is 0 Å². The third kappa shape index (κ3) is 3.97. The van der Waals surface area contributed by atoms with Gasteiger partial charge in [-0.15, -0.1) is 0 Å². The van der Waals surface area contributed by atoms with Crippen LogP contribution in [0.3, 0.4) is 0 Å². The fourth-order valence-electron chi connectivity index (χ4n) is 3.18. The van der Waals surface area contributed by atoms with Gasteiger partial charge in [0, 0.05) is 19.8 Å². The van der Waals surface area contributed by atoms with Crippen molar-refractivity contribution >= 4 is 10.0 Å². The van der Waals surface area contributed by atoms with Crippen LogP contribution in [0.15, 0.2) is 17.2 Å². The maximum absolute atomic E-state index is 13.1. The molecule has 0 aliphatic carbocycles. The van der Waals surface area contributed by atoms with E-state index in [0.717, 1.165) is 12.3 Å². The second-order valence-electron chi connectivity index (χ2n) is 6.59. The van der Waals surface area contributed by atoms with Gasteiger partial charge >= 0.3 is 12.2 Å². The Bertz CT molecular complexity index is 974. The molecule has 1 aliphatic heterocycles. The van der Waals surface area contributed by atoms with Crippen LogP contribution in [0.5, 0.6) is 6.01 Å². The molecule has 1 unspecified atom stereocenters. The molecule has 1 fully saturated rings. The zero-order chi connectivity index (χ0) is 20.7. The third-order valence-electron chi connectivity index (χ3n) is 4.58. The van der Waals surface area contributed by atoms with Crippen molar-refractivity contribution in [3.05, 3.63) is 29.3 Å². The zero-order valence-electron chi connectivity index (χ0n) is 15.6. The van der Waals surface area contributed by atoms with Gasteiger partial charge in [-0.05, 0) is 32.8 Å². The quantitative estimate of drug-likeness (QED) is 0.754. The summed E-state index contributed by atoms with van der Waals surface area (Å²) >= 11 is 0. The van der Waals surface area contributed by atoms with Crippen molar-refractivity contribution in [2.45, 2.75) is 43.9 Å². The van der Waals surface area contributed by atoms with Crippen molar-refractivity contribution in [1.29, 1.82) is 0 Å². The Morgan fingerprint density at radius 3 is 2.61 bits per heavy atom. The van der Waals surface area contributed by atoms with Gasteiger partial charge in [0.1, 0.15) is 11.0 Å². The van der Waals surface area contributed by atoms with Crippen LogP contribution in [0.2, 0.25) is 0 Å². The number of hydrogen-bond donors (Lipinski definition) is 0. The van der Waals surface area contributed by atoms with Crippen LogP contribution < -0.4 is 4.74 Å². The highest BCUT2D eigenvalue weighted by Crippen LogP contribution is 2.29. The maximum Gasteiger partial charge on any atom is 0.433 e. The number of hydrogen-bond acceptors (Lipinski definition) is 6. The number of sulfonamides is 1. The fraction of sp³-hybridized carbons (Fsp3) is 0.562. The first-order chi connectivity index (χ1) is 13.0. The van der Waals surface area contributed by atoms with Crippen LogP contribution in [-0.2, 0) is 23.2 Å². The Morgan fingerprint density at radius 2 is 2.00 bits per heavy atom. The summed E-state index contributed by atoms with van der Waals surface area (Å²) in [5.74, 6) is 0. The third-order valence-corrected chi connectivity index (χ3v) is 6.70. The van der Waals surface area contributed by atoms with E-state index in [-0.39, 0.29) is 11.4 Å². The fourth-order valence-corrected chi connectivity index (χ4v) is 5.09. The molecule has 0 bridgehead atoms. The normalized spacial score (nSPS) is 19.0. The van der Waals surface area contributed by atoms with Crippen molar-refractivity contribution in [3.63, 3.8) is 0 Å². The lowest BCUT2D eigenvalue weighted by atomic mass is 10.1. The molecule has 0 amide bonds. The molecule has 1 saturated heterocycles. The highest BCUT2D eigenvalue weighted by molar-refractivity contribution is 7.89. The van der Waals surface area contributed by atoms with E-state index in [2.05, 4.69) is 15.1 Å². The van der Waals surface area contributed by atoms with Gasteiger partial charge in [0.05, 0.1) is 17.9 Å². The molecule has 154 valence electrons. The molecule has 0 saturated carbocycles. The highest BCUT2D eigenvalue weighted by atomic mass is 32.2. The number of halogens is 3. The van der Waals surface area contributed by atoms with E-state index in [0.29, 0.717) is 30.8 Å². The van der Waals surface area contributed by atoms with E-state index in [4.69, 9.17) is 4.74 Å². The van der Waals surface area contributed by atoms with Crippen LogP contribution in [0, 0.1) is 13.8 Å². The Labute approximate surface area is 160 Å². The molecule has 8 nitrogen and oxygen atoms in total. The monoisotopic (exact) mass is 419 g/mol. The van der Waals surface area contributed by atoms with Crippen LogP contribution in [0.25, 0.3) is 0 Å². The minimum absolute atomic E-state index is 0.00425. The Balaban J connectivity index is 1.79. The molecule has 1 aliphatic rings. The standard InChI is InChI=1S/C16H20F3N5O3S/c1-10-14(11(2)23(3)22-10)28(25,26)24-8-4-5-12(9-24)27-15-20-7-6-13(21-15)16(17,18)19/h6-7,12H,4-5,8-9H2,1-3H3. The van der Waals surface area contributed by atoms with Crippen LogP contribution in [-0.4, -0.2) is 51.7 Å². The van der Waals surface area contributed by atoms with Crippen molar-refractivity contribution in [2.75, 3.05) is 13.1 Å². The van der Waals surface area contributed by atoms with Crippen LogP contribution in [0.1, 0.15) is 29.9 Å². The molecule has 0 aromatic carbocycles. The lowest BCUT2D eigenvalue weighted by molar-refractivity contribution is -0.141. The highest BCUT2D eigenvalue weighted by Gasteiger charge is 2.36. The van der Waals surface area contributed by atoms with Crippen molar-refractivity contribution in [2.24, 2.45) is 7.05 Å². The molecule has 28 heavy (non-hydrogen) atoms. The Kier molecular flexibility index (Phi) is 5.36. The number of piperidine rings is 1. The topological polar surface area (TPSA) is 90.2 Å². The number of nitrogens with zero attached hydrogens (tertiary/aromatic N) is 5. The number of rotatable bonds is 4. The molecule has 2 aromatic heterocycles. The Hall–Kier alpha value is -2.21. The molecular formula is C16H20F3N5O3S. The second kappa shape index (κ2) is 7.32. The maximum atomic E-state index is 13.1. The van der Waals surface area contributed by atoms with E-state index in [9.17, 15) is 21.6 Å². The molecule has 0 radical (unpaired) electrons. The molecule has 0 N–H and O–H groups in total. The largest absolute Gasteiger partial charge is 0.459 e. The minimum atomic E-state index is -4.61. The minimum Gasteiger partial charge on any atom is -0.459 e. The Morgan fingerprint density at radius 1 is 1.29 bits per heavy atom. The molecule has 2 aromatic rings. The SMILES string of the molecule is Cc1nn(C)c(C)c1S(=O)(=O)N1CCCC(Oc2nccc(C(F)(F)F)n2)C1. The second-order valence-corrected chi connectivity index (χ2v) is 8.47. The summed E-state index contributed by atoms with van der Waals surface area (Å²) in [5, 5.41) is 4.14. The van der Waals surface area contributed by atoms with E-state index >= 15 is 0 Å². The van der Waals surface area contributed by atoms with Crippen molar-refractivity contribution in [1.82, 2.24) is 24.1 Å². The molecule has 3 rings (SSSR count). The number of ether oxygens (including phenoxy) is 1. The lowest BCUT2D eigenvalue weighted by Crippen LogP contribution is -2.44. The van der Waals surface area contributed by atoms with Gasteiger partial charge in [-0.1, -0.05) is 0 Å². The van der Waals surface area contributed by atoms with Crippen LogP contribution >= 0.6 is 0 Å². The summed E-state index contributed by atoms with van der Waals surface area (Å²) in [6.07, 6.45) is -3.31. The van der Waals surface area contributed by atoms with Gasteiger partial charge in [0.15, 0.2) is 5.69 Å². The first-order valence-electron chi connectivity index (χ1n) is 8.57. The predicted octanol–water partition coefficient (Wildman–Crippen LogP) is 2.08. The average molecular weight is 419 g/mol. The summed E-state index contributed by atoms with van der Waals surface area (Å²) < 4.78 is 72.7. The number of aromatic nitrogens is 4. The molecule has 3 heterocycles. The van der Waals surface area contributed by atoms with Gasteiger partial charge in [-0.2, -0.15) is 27.6 Å². The predicted molar refractivity (Wildman–Crippen MR) is 92.1 cm³/mol. The summed E-state index contributed by atoms with van der Waals surface area (Å²) in [4.78, 5) is 7.23. The summed E-state index contributed by atoms with van der Waals surface area (Å²) in [5.41, 5.74) is -0.203. The number of alkyl halides is 3. The summed E-state index contributed by atoms with van der Waals surface area (Å²) in [7, 11) is -2.15. The first-order valence-corrected chi connectivity index (χ1v) is 10.0. The molecule has 12 heteroatoms. The van der Waals surface area contributed by atoms with Gasteiger partial charge < -0.3 is 4.74 Å². The van der Waals surface area contributed by atoms with Crippen molar-refractivity contribution in [3.8, 4) is 6.01 Å². The van der Waals surface area contributed by atoms with Crippen molar-refractivity contribution < 1.29 is 26.3 Å². The van der Waals surface area contributed by atoms with Gasteiger partial charge in [-0.25, -0.2) is 13.4 Å². The lowest BCUT2D eigenvalue weighted by Gasteiger charge is -2.31. The van der Waals surface area contributed by atoms with E-state index in [1.165, 1.54) is 8.99 Å². The molecule has 0 spiro atoms. The van der Waals surface area contributed by atoms with Gasteiger partial charge in [0.2, 0.25) is 10.0 Å². The smallest absolute Gasteiger partial charge is 0.433 e.